The van der Waals surface area contributed by atoms with Crippen molar-refractivity contribution >= 4 is 29.2 Å². The van der Waals surface area contributed by atoms with Gasteiger partial charge in [-0.15, -0.1) is 11.3 Å². The van der Waals surface area contributed by atoms with E-state index in [0.29, 0.717) is 12.8 Å². The molecule has 1 fully saturated rings. The minimum Gasteiger partial charge on any atom is -0.457 e. The second-order valence-corrected chi connectivity index (χ2v) is 11.3. The van der Waals surface area contributed by atoms with Crippen LogP contribution in [0.15, 0.2) is 22.6 Å². The highest BCUT2D eigenvalue weighted by atomic mass is 32.1. The molecule has 2 heterocycles. The summed E-state index contributed by atoms with van der Waals surface area (Å²) in [4.78, 5) is 30.6. The number of Topliss-reactive ketones (excluding diaryl/α,β-unsaturated/α-hetero) is 1. The van der Waals surface area contributed by atoms with Crippen molar-refractivity contribution in [2.24, 2.45) is 17.3 Å². The van der Waals surface area contributed by atoms with Gasteiger partial charge in [-0.2, -0.15) is 0 Å². The second kappa shape index (κ2) is 11.3. The molecule has 0 radical (unpaired) electrons. The van der Waals surface area contributed by atoms with Gasteiger partial charge in [0.15, 0.2) is 0 Å². The Balaban J connectivity index is 1.87. The number of ketones is 1. The lowest BCUT2D eigenvalue weighted by atomic mass is 9.60. The average molecular weight is 490 g/mol. The van der Waals surface area contributed by atoms with E-state index in [1.165, 1.54) is 5.57 Å². The highest BCUT2D eigenvalue weighted by Crippen LogP contribution is 2.44. The number of aliphatic hydroxyl groups excluding tert-OH is 2. The van der Waals surface area contributed by atoms with Crippen LogP contribution in [-0.2, 0) is 20.7 Å². The Kier molecular flexibility index (Phi) is 8.87. The van der Waals surface area contributed by atoms with Crippen molar-refractivity contribution in [1.82, 2.24) is 4.98 Å². The molecule has 6 nitrogen and oxygen atoms in total. The van der Waals surface area contributed by atoms with E-state index < -0.39 is 35.6 Å². The summed E-state index contributed by atoms with van der Waals surface area (Å²) < 4.78 is 5.85. The zero-order chi connectivity index (χ0) is 25.0. The van der Waals surface area contributed by atoms with Crippen LogP contribution in [0.2, 0.25) is 0 Å². The predicted octanol–water partition coefficient (Wildman–Crippen LogP) is 4.88. The number of cyclic esters (lactones) is 1. The maximum Gasteiger partial charge on any atom is 0.309 e. The van der Waals surface area contributed by atoms with Crippen LogP contribution in [0.5, 0.6) is 0 Å². The van der Waals surface area contributed by atoms with E-state index in [1.54, 1.807) is 25.2 Å². The van der Waals surface area contributed by atoms with E-state index in [0.717, 1.165) is 42.0 Å². The third-order valence-corrected chi connectivity index (χ3v) is 8.62. The number of ether oxygens (including phenoxy) is 1. The van der Waals surface area contributed by atoms with E-state index in [2.05, 4.69) is 24.9 Å². The fourth-order valence-electron chi connectivity index (χ4n) is 5.27. The van der Waals surface area contributed by atoms with Crippen molar-refractivity contribution in [3.05, 3.63) is 33.3 Å². The van der Waals surface area contributed by atoms with E-state index in [1.807, 2.05) is 18.4 Å². The van der Waals surface area contributed by atoms with Gasteiger partial charge in [0, 0.05) is 17.7 Å². The molecule has 0 unspecified atom stereocenters. The van der Waals surface area contributed by atoms with Gasteiger partial charge < -0.3 is 14.9 Å². The largest absolute Gasteiger partial charge is 0.457 e. The van der Waals surface area contributed by atoms with Gasteiger partial charge in [0.1, 0.15) is 11.9 Å². The van der Waals surface area contributed by atoms with E-state index >= 15 is 0 Å². The number of esters is 1. The number of rotatable bonds is 3. The number of hydrogen-bond donors (Lipinski definition) is 2. The van der Waals surface area contributed by atoms with Crippen molar-refractivity contribution in [3.8, 4) is 0 Å². The number of aryl methyl sites for hydroxylation is 1. The summed E-state index contributed by atoms with van der Waals surface area (Å²) in [7, 11) is 0. The number of nitrogens with zero attached hydrogens (tertiary/aromatic N) is 1. The summed E-state index contributed by atoms with van der Waals surface area (Å²) in [6.07, 6.45) is 5.84. The monoisotopic (exact) mass is 489 g/mol. The summed E-state index contributed by atoms with van der Waals surface area (Å²) in [5.74, 6) is -1.35. The molecule has 1 aliphatic carbocycles. The SMILES string of the molecule is CCc1nc(/C=C(\C)[C@@H]2C/C=C(/C)CCC[C@@H]3C[C@@](C)(C(=O)[C@H](C)[C@H]3O)[C@@H](O)CC(=O)O2)cs1. The van der Waals surface area contributed by atoms with Crippen molar-refractivity contribution in [3.63, 3.8) is 0 Å². The number of aliphatic hydroxyl groups is 2. The molecule has 1 aliphatic heterocycles. The number of allylic oxidation sites excluding steroid dienone is 1. The molecule has 6 atom stereocenters. The minimum absolute atomic E-state index is 0.0804. The summed E-state index contributed by atoms with van der Waals surface area (Å²) in [6, 6.07) is 0. The first-order chi connectivity index (χ1) is 16.0. The highest BCUT2D eigenvalue weighted by molar-refractivity contribution is 7.09. The predicted molar refractivity (Wildman–Crippen MR) is 134 cm³/mol. The Labute approximate surface area is 207 Å². The standard InChI is InChI=1S/C27H39NO5S/c1-6-23-28-20(15-34-23)12-17(3)21-11-10-16(2)8-7-9-19-14-27(5,22(29)13-24(30)33-21)26(32)18(4)25(19)31/h10,12,15,18-19,21-22,25,29,31H,6-9,11,13-14H2,1-5H3/b16-10-,17-12+/t18-,19-,21+,22+,25-,27-/m1/s1. The van der Waals surface area contributed by atoms with Crippen LogP contribution in [-0.4, -0.2) is 45.3 Å². The molecule has 0 spiro atoms. The zero-order valence-electron chi connectivity index (χ0n) is 21.0. The van der Waals surface area contributed by atoms with Crippen LogP contribution in [0, 0.1) is 17.3 Å². The Morgan fingerprint density at radius 3 is 2.76 bits per heavy atom. The number of carbonyl (C=O) groups excluding carboxylic acids is 2. The maximum atomic E-state index is 13.1. The number of aromatic nitrogens is 1. The van der Waals surface area contributed by atoms with Crippen molar-refractivity contribution < 1.29 is 24.5 Å². The van der Waals surface area contributed by atoms with Crippen molar-refractivity contribution in [2.45, 2.75) is 97.9 Å². The first kappa shape index (κ1) is 26.8. The molecule has 7 heteroatoms. The molecule has 1 saturated carbocycles. The first-order valence-electron chi connectivity index (χ1n) is 12.4. The number of hydrogen-bond acceptors (Lipinski definition) is 7. The summed E-state index contributed by atoms with van der Waals surface area (Å²) >= 11 is 1.61. The van der Waals surface area contributed by atoms with Gasteiger partial charge in [0.2, 0.25) is 0 Å². The molecule has 0 saturated heterocycles. The maximum absolute atomic E-state index is 13.1. The second-order valence-electron chi connectivity index (χ2n) is 10.3. The van der Waals surface area contributed by atoms with E-state index in [9.17, 15) is 19.8 Å². The number of fused-ring (bicyclic) bond motifs is 2. The molecule has 2 N–H and O–H groups in total. The number of thiazole rings is 1. The molecule has 3 rings (SSSR count). The third kappa shape index (κ3) is 6.04. The summed E-state index contributed by atoms with van der Waals surface area (Å²) in [5.41, 5.74) is 1.89. The molecule has 0 amide bonds. The Bertz CT molecular complexity index is 951. The van der Waals surface area contributed by atoms with Crippen LogP contribution < -0.4 is 0 Å². The van der Waals surface area contributed by atoms with Gasteiger partial charge >= 0.3 is 5.97 Å². The lowest BCUT2D eigenvalue weighted by Gasteiger charge is -2.45. The van der Waals surface area contributed by atoms with E-state index in [-0.39, 0.29) is 18.1 Å². The molecule has 0 aromatic carbocycles. The lowest BCUT2D eigenvalue weighted by molar-refractivity contribution is -0.161. The quantitative estimate of drug-likeness (QED) is 0.464. The smallest absolute Gasteiger partial charge is 0.309 e. The molecule has 2 aliphatic rings. The molecule has 188 valence electrons. The average Bonchev–Trinajstić information content (AvgIpc) is 3.25. The first-order valence-corrected chi connectivity index (χ1v) is 13.3. The Morgan fingerprint density at radius 1 is 1.35 bits per heavy atom. The fourth-order valence-corrected chi connectivity index (χ4v) is 5.98. The zero-order valence-corrected chi connectivity index (χ0v) is 21.9. The summed E-state index contributed by atoms with van der Waals surface area (Å²) in [5, 5.41) is 24.8. The molecular weight excluding hydrogens is 450 g/mol. The lowest BCUT2D eigenvalue weighted by Crippen LogP contribution is -2.54. The molecule has 1 aromatic heterocycles. The molecule has 34 heavy (non-hydrogen) atoms. The van der Waals surface area contributed by atoms with E-state index in [4.69, 9.17) is 4.74 Å². The fraction of sp³-hybridized carbons (Fsp3) is 0.667. The van der Waals surface area contributed by atoms with Crippen LogP contribution in [0.3, 0.4) is 0 Å². The molecule has 1 aromatic rings. The third-order valence-electron chi connectivity index (χ3n) is 7.61. The normalized spacial score (nSPS) is 35.8. The van der Waals surface area contributed by atoms with Gasteiger partial charge in [0.05, 0.1) is 34.7 Å². The van der Waals surface area contributed by atoms with Gasteiger partial charge in [-0.1, -0.05) is 32.4 Å². The van der Waals surface area contributed by atoms with Crippen LogP contribution in [0.4, 0.5) is 0 Å². The minimum atomic E-state index is -1.15. The van der Waals surface area contributed by atoms with Gasteiger partial charge in [0.25, 0.3) is 0 Å². The molecule has 2 bridgehead atoms. The Hall–Kier alpha value is -1.83. The molecular formula is C27H39NO5S. The van der Waals surface area contributed by atoms with Crippen molar-refractivity contribution in [2.75, 3.05) is 0 Å². The van der Waals surface area contributed by atoms with Crippen molar-refractivity contribution in [1.29, 1.82) is 0 Å². The number of carbonyl (C=O) groups is 2. The topological polar surface area (TPSA) is 96.7 Å². The van der Waals surface area contributed by atoms with Gasteiger partial charge in [-0.25, -0.2) is 4.98 Å². The van der Waals surface area contributed by atoms with Gasteiger partial charge in [-0.05, 0) is 63.5 Å². The van der Waals surface area contributed by atoms with Crippen LogP contribution in [0.1, 0.15) is 83.8 Å². The highest BCUT2D eigenvalue weighted by Gasteiger charge is 2.51. The Morgan fingerprint density at radius 2 is 2.09 bits per heavy atom. The summed E-state index contributed by atoms with van der Waals surface area (Å²) in [6.45, 7) is 9.54. The van der Waals surface area contributed by atoms with Crippen LogP contribution in [0.25, 0.3) is 6.08 Å². The van der Waals surface area contributed by atoms with Gasteiger partial charge in [-0.3, -0.25) is 9.59 Å². The van der Waals surface area contributed by atoms with Crippen LogP contribution >= 0.6 is 11.3 Å².